The Labute approximate surface area is 293 Å². The van der Waals surface area contributed by atoms with E-state index in [1.54, 1.807) is 5.57 Å². The van der Waals surface area contributed by atoms with Gasteiger partial charge < -0.3 is 5.32 Å². The van der Waals surface area contributed by atoms with E-state index in [4.69, 9.17) is 0 Å². The Bertz CT molecular complexity index is 801. The Kier molecular flexibility index (Phi) is 58.2. The zero-order valence-corrected chi connectivity index (χ0v) is 33.7. The molecule has 0 saturated carbocycles. The monoisotopic (exact) mass is 646 g/mol. The third kappa shape index (κ3) is 34.9. The quantitative estimate of drug-likeness (QED) is 0.150. The van der Waals surface area contributed by atoms with Crippen molar-refractivity contribution in [3.05, 3.63) is 71.3 Å². The van der Waals surface area contributed by atoms with Gasteiger partial charge >= 0.3 is 0 Å². The van der Waals surface area contributed by atoms with Crippen molar-refractivity contribution in [2.45, 2.75) is 174 Å². The fourth-order valence-electron chi connectivity index (χ4n) is 3.80. The summed E-state index contributed by atoms with van der Waals surface area (Å²) in [4.78, 5) is 0. The topological polar surface area (TPSA) is 36.1 Å². The number of hydrogen-bond donors (Lipinski definition) is 3. The number of aryl methyl sites for hydroxylation is 1. The largest absolute Gasteiger partial charge is 0.314 e. The van der Waals surface area contributed by atoms with E-state index in [-0.39, 0.29) is 7.43 Å². The number of likely N-dealkylation sites (N-methyl/N-ethyl adjacent to an activating group) is 1. The van der Waals surface area contributed by atoms with Crippen LogP contribution in [-0.2, 0) is 6.42 Å². The Morgan fingerprint density at radius 2 is 1.15 bits per heavy atom. The molecule has 0 spiro atoms. The average molecular weight is 646 g/mol. The third-order valence-corrected chi connectivity index (χ3v) is 6.66. The van der Waals surface area contributed by atoms with Crippen LogP contribution >= 0.6 is 0 Å². The molecule has 46 heavy (non-hydrogen) atoms. The van der Waals surface area contributed by atoms with E-state index < -0.39 is 0 Å². The minimum atomic E-state index is 0. The predicted molar refractivity (Wildman–Crippen MR) is 220 cm³/mol. The summed E-state index contributed by atoms with van der Waals surface area (Å²) in [5, 5.41) is 3.37. The molecule has 0 aliphatic rings. The highest BCUT2D eigenvalue weighted by Gasteiger charge is 2.07. The molecular formula is C43H87N3. The molecule has 0 heterocycles. The zero-order chi connectivity index (χ0) is 35.9. The molecule has 0 amide bonds. The number of unbranched alkanes of at least 4 members (excludes halogenated alkanes) is 3. The van der Waals surface area contributed by atoms with Crippen molar-refractivity contribution in [3.8, 4) is 11.1 Å². The van der Waals surface area contributed by atoms with Crippen LogP contribution in [0, 0.1) is 0 Å². The first-order valence-corrected chi connectivity index (χ1v) is 18.7. The smallest absolute Gasteiger partial charge is 0.0249 e. The summed E-state index contributed by atoms with van der Waals surface area (Å²) in [7, 11) is 5.70. The van der Waals surface area contributed by atoms with Crippen molar-refractivity contribution in [2.24, 2.45) is 0 Å². The molecule has 0 radical (unpaired) electrons. The van der Waals surface area contributed by atoms with E-state index in [1.807, 2.05) is 55.6 Å². The SMILES string of the molecule is C.CC.CC.CC.CCCC.CCCC/C(C)=C/C(CCCC)NC.CCc1ccc(-c2ccccc2C(C)C)cc1.CNNC. The highest BCUT2D eigenvalue weighted by molar-refractivity contribution is 5.68. The maximum atomic E-state index is 3.37. The number of hydrogen-bond acceptors (Lipinski definition) is 3. The summed E-state index contributed by atoms with van der Waals surface area (Å²) in [6.07, 6.45) is 13.9. The Morgan fingerprint density at radius 3 is 1.52 bits per heavy atom. The lowest BCUT2D eigenvalue weighted by molar-refractivity contribution is 0.574. The van der Waals surface area contributed by atoms with Crippen LogP contribution in [0.15, 0.2) is 60.2 Å². The summed E-state index contributed by atoms with van der Waals surface area (Å²) >= 11 is 0. The molecule has 1 atom stereocenters. The van der Waals surface area contributed by atoms with Crippen LogP contribution in [0.25, 0.3) is 11.1 Å². The fourth-order valence-corrected chi connectivity index (χ4v) is 3.80. The predicted octanol–water partition coefficient (Wildman–Crippen LogP) is 13.8. The molecule has 1 unspecified atom stereocenters. The molecule has 3 nitrogen and oxygen atoms in total. The van der Waals surface area contributed by atoms with Crippen LogP contribution in [0.3, 0.4) is 0 Å². The average Bonchev–Trinajstić information content (AvgIpc) is 3.12. The van der Waals surface area contributed by atoms with Gasteiger partial charge in [0.05, 0.1) is 0 Å². The molecule has 2 aromatic carbocycles. The van der Waals surface area contributed by atoms with Gasteiger partial charge in [-0.15, -0.1) is 0 Å². The lowest BCUT2D eigenvalue weighted by atomic mass is 9.92. The highest BCUT2D eigenvalue weighted by Crippen LogP contribution is 2.29. The van der Waals surface area contributed by atoms with E-state index in [2.05, 4.69) is 133 Å². The Morgan fingerprint density at radius 1 is 0.674 bits per heavy atom. The van der Waals surface area contributed by atoms with Crippen LogP contribution in [0.2, 0.25) is 0 Å². The van der Waals surface area contributed by atoms with E-state index in [9.17, 15) is 0 Å². The standard InChI is InChI=1S/C17H20.C13H27N.C4H10.C2H8N2.3C2H6.CH4/c1-4-14-9-11-15(12-10-14)17-8-6-5-7-16(17)13(2)3;1-5-7-9-12(3)11-13(14-4)10-8-6-2;2*1-3-4-2;3*1-2;/h5-13H,4H2,1-3H3;11,13-14H,5-10H2,1-4H3;3-4H2,1-2H3;3-4H,1-2H3;3*1-2H3;1H4/b;12-11+;;;;;;. The summed E-state index contributed by atoms with van der Waals surface area (Å²) in [6, 6.07) is 18.2. The van der Waals surface area contributed by atoms with Gasteiger partial charge in [0.25, 0.3) is 0 Å². The molecule has 274 valence electrons. The molecule has 2 rings (SSSR count). The van der Waals surface area contributed by atoms with Gasteiger partial charge in [-0.2, -0.15) is 0 Å². The van der Waals surface area contributed by atoms with E-state index in [0.717, 1.165) is 6.42 Å². The molecule has 2 aromatic rings. The van der Waals surface area contributed by atoms with Crippen molar-refractivity contribution in [2.75, 3.05) is 21.1 Å². The maximum absolute atomic E-state index is 3.37. The van der Waals surface area contributed by atoms with Gasteiger partial charge in [-0.25, -0.2) is 0 Å². The summed E-state index contributed by atoms with van der Waals surface area (Å²) < 4.78 is 0. The second kappa shape index (κ2) is 47.5. The summed E-state index contributed by atoms with van der Waals surface area (Å²) in [5.74, 6) is 0.567. The van der Waals surface area contributed by atoms with Crippen LogP contribution in [0.1, 0.15) is 173 Å². The van der Waals surface area contributed by atoms with E-state index in [0.29, 0.717) is 12.0 Å². The lowest BCUT2D eigenvalue weighted by Gasteiger charge is -2.13. The number of rotatable bonds is 13. The van der Waals surface area contributed by atoms with Crippen molar-refractivity contribution in [3.63, 3.8) is 0 Å². The van der Waals surface area contributed by atoms with Crippen molar-refractivity contribution in [1.82, 2.24) is 16.2 Å². The van der Waals surface area contributed by atoms with Gasteiger partial charge in [-0.05, 0) is 81.9 Å². The summed E-state index contributed by atoms with van der Waals surface area (Å²) in [6.45, 7) is 29.8. The second-order valence-corrected chi connectivity index (χ2v) is 10.4. The van der Waals surface area contributed by atoms with Gasteiger partial charge in [-0.3, -0.25) is 10.9 Å². The molecular weight excluding hydrogens is 558 g/mol. The Hall–Kier alpha value is -1.94. The molecule has 0 aromatic heterocycles. The molecule has 0 fully saturated rings. The first-order valence-electron chi connectivity index (χ1n) is 18.7. The molecule has 0 aliphatic heterocycles. The molecule has 0 saturated heterocycles. The normalized spacial score (nSPS) is 10.1. The first-order chi connectivity index (χ1) is 21.8. The van der Waals surface area contributed by atoms with Crippen molar-refractivity contribution < 1.29 is 0 Å². The molecule has 3 N–H and O–H groups in total. The van der Waals surface area contributed by atoms with Gasteiger partial charge in [0.1, 0.15) is 0 Å². The second-order valence-electron chi connectivity index (χ2n) is 10.4. The van der Waals surface area contributed by atoms with E-state index >= 15 is 0 Å². The van der Waals surface area contributed by atoms with Crippen LogP contribution in [0.5, 0.6) is 0 Å². The molecule has 3 heteroatoms. The van der Waals surface area contributed by atoms with Crippen LogP contribution in [-0.4, -0.2) is 27.2 Å². The summed E-state index contributed by atoms with van der Waals surface area (Å²) in [5.41, 5.74) is 12.4. The number of hydrazine groups is 1. The number of benzene rings is 2. The van der Waals surface area contributed by atoms with Gasteiger partial charge in [0, 0.05) is 6.04 Å². The minimum absolute atomic E-state index is 0. The van der Waals surface area contributed by atoms with Crippen molar-refractivity contribution >= 4 is 0 Å². The third-order valence-electron chi connectivity index (χ3n) is 6.66. The van der Waals surface area contributed by atoms with Gasteiger partial charge in [-0.1, -0.05) is 190 Å². The molecule has 0 bridgehead atoms. The van der Waals surface area contributed by atoms with Gasteiger partial charge in [0.15, 0.2) is 0 Å². The highest BCUT2D eigenvalue weighted by atomic mass is 15.3. The number of nitrogens with one attached hydrogen (secondary N) is 3. The van der Waals surface area contributed by atoms with Crippen molar-refractivity contribution in [1.29, 1.82) is 0 Å². The van der Waals surface area contributed by atoms with Crippen LogP contribution in [0.4, 0.5) is 0 Å². The zero-order valence-electron chi connectivity index (χ0n) is 33.7. The van der Waals surface area contributed by atoms with Crippen LogP contribution < -0.4 is 16.2 Å². The molecule has 0 aliphatic carbocycles. The van der Waals surface area contributed by atoms with E-state index in [1.165, 1.54) is 73.6 Å². The Balaban J connectivity index is -0.000000124. The lowest BCUT2D eigenvalue weighted by Crippen LogP contribution is -2.22. The minimum Gasteiger partial charge on any atom is -0.314 e. The fraction of sp³-hybridized carbons (Fsp3) is 0.674. The number of allylic oxidation sites excluding steroid dienone is 1. The van der Waals surface area contributed by atoms with Gasteiger partial charge in [0.2, 0.25) is 0 Å². The maximum Gasteiger partial charge on any atom is 0.0249 e. The first kappa shape index (κ1) is 56.4.